The summed E-state index contributed by atoms with van der Waals surface area (Å²) in [6, 6.07) is 2.86. The lowest BCUT2D eigenvalue weighted by Crippen LogP contribution is -2.36. The molecule has 2 atom stereocenters. The maximum Gasteiger partial charge on any atom is 0.247 e. The van der Waals surface area contributed by atoms with E-state index in [-0.39, 0.29) is 0 Å². The molecule has 1 fully saturated rings. The van der Waals surface area contributed by atoms with E-state index < -0.39 is 11.0 Å². The Kier molecular flexibility index (Phi) is 4.94. The van der Waals surface area contributed by atoms with Crippen LogP contribution in [0.5, 0.6) is 0 Å². The third-order valence-corrected chi connectivity index (χ3v) is 7.43. The fourth-order valence-electron chi connectivity index (χ4n) is 4.94. The van der Waals surface area contributed by atoms with E-state index in [1.807, 2.05) is 0 Å². The Labute approximate surface area is 168 Å². The fourth-order valence-corrected chi connectivity index (χ4v) is 5.72. The summed E-state index contributed by atoms with van der Waals surface area (Å²) >= 11 is 0. The van der Waals surface area contributed by atoms with Crippen molar-refractivity contribution in [3.63, 3.8) is 0 Å². The van der Waals surface area contributed by atoms with Crippen LogP contribution >= 0.6 is 0 Å². The molecule has 0 radical (unpaired) electrons. The first kappa shape index (κ1) is 18.3. The number of hydrogen-bond donors (Lipinski definition) is 3. The van der Waals surface area contributed by atoms with Gasteiger partial charge in [-0.25, -0.2) is 14.0 Å². The second-order valence-corrected chi connectivity index (χ2v) is 9.43. The van der Waals surface area contributed by atoms with E-state index in [9.17, 15) is 4.21 Å². The van der Waals surface area contributed by atoms with Gasteiger partial charge in [-0.3, -0.25) is 0 Å². The zero-order valence-electron chi connectivity index (χ0n) is 16.4. The van der Waals surface area contributed by atoms with Crippen LogP contribution in [-0.2, 0) is 36.7 Å². The molecule has 150 valence electrons. The Morgan fingerprint density at radius 1 is 1.18 bits per heavy atom. The molecule has 7 nitrogen and oxygen atoms in total. The molecule has 8 heteroatoms. The van der Waals surface area contributed by atoms with Crippen LogP contribution in [0.2, 0.25) is 0 Å². The Balaban J connectivity index is 1.30. The number of nitrogens with one attached hydrogen (secondary N) is 3. The number of rotatable bonds is 6. The van der Waals surface area contributed by atoms with E-state index >= 15 is 0 Å². The van der Waals surface area contributed by atoms with Gasteiger partial charge in [0.25, 0.3) is 0 Å². The molecule has 3 aliphatic rings. The maximum atomic E-state index is 12.6. The number of likely N-dealkylation sites (tertiary alicyclic amines) is 1. The molecular weight excluding hydrogens is 372 g/mol. The number of aromatic nitrogens is 3. The van der Waals surface area contributed by atoms with Gasteiger partial charge in [0.15, 0.2) is 11.0 Å². The van der Waals surface area contributed by atoms with Crippen molar-refractivity contribution in [3.05, 3.63) is 28.3 Å². The molecule has 2 aromatic rings. The largest absolute Gasteiger partial charge is 0.322 e. The lowest BCUT2D eigenvalue weighted by atomic mass is 9.99. The lowest BCUT2D eigenvalue weighted by molar-refractivity contribution is 0.311. The van der Waals surface area contributed by atoms with Crippen LogP contribution in [0.3, 0.4) is 0 Å². The second kappa shape index (κ2) is 7.57. The van der Waals surface area contributed by atoms with E-state index in [2.05, 4.69) is 43.2 Å². The molecule has 2 heterocycles. The predicted octanol–water partition coefficient (Wildman–Crippen LogP) is 2.23. The topological polar surface area (TPSA) is 85.9 Å². The standard InChI is InChI=1S/C20H28N6OS/c1-26-10-4-7-15(26)12-21-28(27)20-23-19(24-25-20)22-18-16-8-2-5-13(16)11-14-6-3-9-17(14)18/h11,15,21H,2-10,12H2,1H3,(H2,22,23,24,25). The Morgan fingerprint density at radius 2 is 1.93 bits per heavy atom. The molecule has 0 spiro atoms. The highest BCUT2D eigenvalue weighted by atomic mass is 32.2. The number of H-pyrrole nitrogens is 1. The number of hydrogen-bond acceptors (Lipinski definition) is 5. The third kappa shape index (κ3) is 3.38. The minimum atomic E-state index is -1.38. The summed E-state index contributed by atoms with van der Waals surface area (Å²) in [6.07, 6.45) is 9.35. The van der Waals surface area contributed by atoms with Gasteiger partial charge in [0.2, 0.25) is 11.1 Å². The van der Waals surface area contributed by atoms with Gasteiger partial charge in [0.05, 0.1) is 0 Å². The van der Waals surface area contributed by atoms with Crippen molar-refractivity contribution in [3.8, 4) is 0 Å². The van der Waals surface area contributed by atoms with Crippen LogP contribution < -0.4 is 10.0 Å². The van der Waals surface area contributed by atoms with Crippen molar-refractivity contribution >= 4 is 22.6 Å². The van der Waals surface area contributed by atoms with Crippen LogP contribution in [0.25, 0.3) is 0 Å². The molecule has 5 rings (SSSR count). The molecular formula is C20H28N6OS. The number of aromatic amines is 1. The van der Waals surface area contributed by atoms with Gasteiger partial charge in [0.1, 0.15) is 0 Å². The summed E-state index contributed by atoms with van der Waals surface area (Å²) in [5.41, 5.74) is 7.01. The minimum Gasteiger partial charge on any atom is -0.322 e. The third-order valence-electron chi connectivity index (χ3n) is 6.47. The quantitative estimate of drug-likeness (QED) is 0.692. The van der Waals surface area contributed by atoms with Crippen molar-refractivity contribution in [2.75, 3.05) is 25.5 Å². The molecule has 2 aliphatic carbocycles. The van der Waals surface area contributed by atoms with Gasteiger partial charge in [-0.2, -0.15) is 4.98 Å². The van der Waals surface area contributed by atoms with Crippen LogP contribution in [0, 0.1) is 0 Å². The molecule has 1 aliphatic heterocycles. The average Bonchev–Trinajstić information content (AvgIpc) is 3.47. The maximum absolute atomic E-state index is 12.6. The highest BCUT2D eigenvalue weighted by Gasteiger charge is 2.25. The number of anilines is 2. The fraction of sp³-hybridized carbons (Fsp3) is 0.600. The first-order chi connectivity index (χ1) is 13.7. The zero-order valence-corrected chi connectivity index (χ0v) is 17.2. The Bertz CT molecular complexity index is 878. The van der Waals surface area contributed by atoms with Crippen molar-refractivity contribution < 1.29 is 4.21 Å². The molecule has 0 saturated carbocycles. The molecule has 1 aromatic carbocycles. The smallest absolute Gasteiger partial charge is 0.247 e. The first-order valence-corrected chi connectivity index (χ1v) is 11.6. The summed E-state index contributed by atoms with van der Waals surface area (Å²) in [5, 5.41) is 11.0. The molecule has 3 N–H and O–H groups in total. The Hall–Kier alpha value is -1.77. The predicted molar refractivity (Wildman–Crippen MR) is 110 cm³/mol. The summed E-state index contributed by atoms with van der Waals surface area (Å²) < 4.78 is 15.7. The summed E-state index contributed by atoms with van der Waals surface area (Å²) in [4.78, 5) is 6.78. The van der Waals surface area contributed by atoms with Crippen LogP contribution in [-0.4, -0.2) is 50.5 Å². The number of nitrogens with zero attached hydrogens (tertiary/aromatic N) is 3. The van der Waals surface area contributed by atoms with Gasteiger partial charge in [-0.1, -0.05) is 6.07 Å². The van der Waals surface area contributed by atoms with Crippen molar-refractivity contribution in [2.24, 2.45) is 0 Å². The summed E-state index contributed by atoms with van der Waals surface area (Å²) in [6.45, 7) is 1.81. The highest BCUT2D eigenvalue weighted by Crippen LogP contribution is 2.39. The van der Waals surface area contributed by atoms with E-state index in [1.54, 1.807) is 0 Å². The van der Waals surface area contributed by atoms with E-state index in [0.29, 0.717) is 23.7 Å². The molecule has 0 bridgehead atoms. The molecule has 1 saturated heterocycles. The molecule has 2 unspecified atom stereocenters. The van der Waals surface area contributed by atoms with Crippen molar-refractivity contribution in [1.82, 2.24) is 24.8 Å². The highest BCUT2D eigenvalue weighted by molar-refractivity contribution is 7.82. The van der Waals surface area contributed by atoms with Gasteiger partial charge >= 0.3 is 0 Å². The van der Waals surface area contributed by atoms with Gasteiger partial charge in [-0.05, 0) is 87.2 Å². The normalized spacial score (nSPS) is 22.4. The number of fused-ring (bicyclic) bond motifs is 2. The lowest BCUT2D eigenvalue weighted by Gasteiger charge is -2.18. The SMILES string of the molecule is CN1CCCC1CNS(=O)c1nc(Nc2c3c(cc4c2CCC4)CCC3)n[nH]1. The second-order valence-electron chi connectivity index (χ2n) is 8.22. The van der Waals surface area contributed by atoms with Gasteiger partial charge in [0, 0.05) is 18.3 Å². The van der Waals surface area contributed by atoms with Crippen molar-refractivity contribution in [2.45, 2.75) is 62.6 Å². The summed E-state index contributed by atoms with van der Waals surface area (Å²) in [5.74, 6) is 0.512. The number of benzene rings is 1. The van der Waals surface area contributed by atoms with Gasteiger partial charge in [-0.15, -0.1) is 5.10 Å². The molecule has 0 amide bonds. The summed E-state index contributed by atoms with van der Waals surface area (Å²) in [7, 11) is 0.745. The number of likely N-dealkylation sites (N-methyl/N-ethyl adjacent to an activating group) is 1. The van der Waals surface area contributed by atoms with Crippen molar-refractivity contribution in [1.29, 1.82) is 0 Å². The van der Waals surface area contributed by atoms with Crippen LogP contribution in [0.4, 0.5) is 11.6 Å². The molecule has 28 heavy (non-hydrogen) atoms. The van der Waals surface area contributed by atoms with E-state index in [0.717, 1.165) is 25.8 Å². The first-order valence-electron chi connectivity index (χ1n) is 10.4. The van der Waals surface area contributed by atoms with Crippen LogP contribution in [0.15, 0.2) is 11.2 Å². The van der Waals surface area contributed by atoms with E-state index in [1.165, 1.54) is 60.0 Å². The molecule has 1 aromatic heterocycles. The zero-order chi connectivity index (χ0) is 19.1. The number of aryl methyl sites for hydroxylation is 2. The van der Waals surface area contributed by atoms with E-state index in [4.69, 9.17) is 0 Å². The van der Waals surface area contributed by atoms with Crippen LogP contribution in [0.1, 0.15) is 47.9 Å². The Morgan fingerprint density at radius 3 is 2.61 bits per heavy atom. The minimum absolute atomic E-state index is 0.382. The average molecular weight is 401 g/mol. The van der Waals surface area contributed by atoms with Gasteiger partial charge < -0.3 is 10.2 Å². The monoisotopic (exact) mass is 400 g/mol.